The van der Waals surface area contributed by atoms with Gasteiger partial charge < -0.3 is 10.6 Å². The second-order valence-electron chi connectivity index (χ2n) is 5.39. The van der Waals surface area contributed by atoms with Crippen LogP contribution in [0.25, 0.3) is 0 Å². The van der Waals surface area contributed by atoms with Gasteiger partial charge in [0, 0.05) is 30.9 Å². The van der Waals surface area contributed by atoms with Gasteiger partial charge in [0.05, 0.1) is 6.04 Å². The molecule has 19 heavy (non-hydrogen) atoms. The van der Waals surface area contributed by atoms with Crippen molar-refractivity contribution >= 4 is 11.6 Å². The number of hydrogen-bond acceptors (Lipinski definition) is 3. The Hall–Kier alpha value is -1.39. The number of hydrogen-bond donors (Lipinski definition) is 2. The van der Waals surface area contributed by atoms with Gasteiger partial charge in [-0.25, -0.2) is 0 Å². The Labute approximate surface area is 115 Å². The van der Waals surface area contributed by atoms with Gasteiger partial charge in [-0.2, -0.15) is 0 Å². The number of anilines is 1. The van der Waals surface area contributed by atoms with Crippen LogP contribution in [-0.4, -0.2) is 42.0 Å². The average molecular weight is 261 g/mol. The first kappa shape index (κ1) is 14.0. The molecule has 1 heterocycles. The second-order valence-corrected chi connectivity index (χ2v) is 5.39. The molecule has 104 valence electrons. The van der Waals surface area contributed by atoms with Crippen LogP contribution in [0.1, 0.15) is 20.8 Å². The topological polar surface area (TPSA) is 44.4 Å². The minimum atomic E-state index is -0.111. The minimum absolute atomic E-state index is 0.0622. The zero-order chi connectivity index (χ0) is 13.8. The summed E-state index contributed by atoms with van der Waals surface area (Å²) in [6.07, 6.45) is 0. The first-order chi connectivity index (χ1) is 9.08. The summed E-state index contributed by atoms with van der Waals surface area (Å²) in [7, 11) is 0. The lowest BCUT2D eigenvalue weighted by molar-refractivity contribution is -0.122. The molecule has 1 saturated heterocycles. The van der Waals surface area contributed by atoms with E-state index in [1.165, 1.54) is 0 Å². The number of para-hydroxylation sites is 1. The van der Waals surface area contributed by atoms with Crippen molar-refractivity contribution in [3.05, 3.63) is 30.3 Å². The zero-order valence-corrected chi connectivity index (χ0v) is 11.9. The van der Waals surface area contributed by atoms with Gasteiger partial charge in [0.1, 0.15) is 0 Å². The third-order valence-corrected chi connectivity index (χ3v) is 3.73. The van der Waals surface area contributed by atoms with Gasteiger partial charge in [0.15, 0.2) is 0 Å². The Morgan fingerprint density at radius 1 is 1.37 bits per heavy atom. The monoisotopic (exact) mass is 261 g/mol. The van der Waals surface area contributed by atoms with E-state index >= 15 is 0 Å². The highest BCUT2D eigenvalue weighted by molar-refractivity contribution is 5.94. The number of amides is 1. The molecule has 2 N–H and O–H groups in total. The molecule has 1 aromatic carbocycles. The van der Waals surface area contributed by atoms with Crippen molar-refractivity contribution in [2.75, 3.05) is 18.4 Å². The number of carbonyl (C=O) groups excluding carboxylic acids is 1. The van der Waals surface area contributed by atoms with Gasteiger partial charge in [-0.05, 0) is 32.9 Å². The van der Waals surface area contributed by atoms with Crippen LogP contribution in [0.2, 0.25) is 0 Å². The largest absolute Gasteiger partial charge is 0.325 e. The summed E-state index contributed by atoms with van der Waals surface area (Å²) in [5.74, 6) is 0.0622. The number of carbonyl (C=O) groups is 1. The Kier molecular flexibility index (Phi) is 4.56. The number of nitrogens with zero attached hydrogens (tertiary/aromatic N) is 1. The lowest BCUT2D eigenvalue weighted by Crippen LogP contribution is -2.59. The van der Waals surface area contributed by atoms with E-state index in [1.807, 2.05) is 37.3 Å². The van der Waals surface area contributed by atoms with Gasteiger partial charge in [-0.1, -0.05) is 18.2 Å². The van der Waals surface area contributed by atoms with E-state index < -0.39 is 0 Å². The van der Waals surface area contributed by atoms with Crippen molar-refractivity contribution < 1.29 is 4.79 Å². The van der Waals surface area contributed by atoms with E-state index in [0.717, 1.165) is 18.8 Å². The third kappa shape index (κ3) is 3.55. The van der Waals surface area contributed by atoms with E-state index in [2.05, 4.69) is 29.4 Å². The Morgan fingerprint density at radius 2 is 2.05 bits per heavy atom. The number of nitrogens with one attached hydrogen (secondary N) is 2. The Balaban J connectivity index is 1.98. The van der Waals surface area contributed by atoms with Crippen LogP contribution in [-0.2, 0) is 4.79 Å². The molecule has 1 amide bonds. The van der Waals surface area contributed by atoms with Crippen LogP contribution < -0.4 is 10.6 Å². The molecule has 1 aromatic rings. The summed E-state index contributed by atoms with van der Waals surface area (Å²) in [5, 5.41) is 6.41. The van der Waals surface area contributed by atoms with Crippen LogP contribution in [0.3, 0.4) is 0 Å². The van der Waals surface area contributed by atoms with Gasteiger partial charge in [-0.15, -0.1) is 0 Å². The molecule has 0 aromatic heterocycles. The third-order valence-electron chi connectivity index (χ3n) is 3.73. The molecule has 4 heteroatoms. The summed E-state index contributed by atoms with van der Waals surface area (Å²) in [4.78, 5) is 14.6. The highest BCUT2D eigenvalue weighted by Gasteiger charge is 2.30. The fourth-order valence-electron chi connectivity index (χ4n) is 2.51. The molecule has 0 bridgehead atoms. The molecule has 1 fully saturated rings. The molecule has 0 saturated carbocycles. The maximum Gasteiger partial charge on any atom is 0.241 e. The average Bonchev–Trinajstić information content (AvgIpc) is 2.42. The van der Waals surface area contributed by atoms with Crippen LogP contribution >= 0.6 is 0 Å². The van der Waals surface area contributed by atoms with Crippen molar-refractivity contribution in [2.24, 2.45) is 0 Å². The van der Waals surface area contributed by atoms with Crippen LogP contribution in [0, 0.1) is 0 Å². The number of piperazine rings is 1. The van der Waals surface area contributed by atoms with Crippen molar-refractivity contribution in [1.82, 2.24) is 10.2 Å². The van der Waals surface area contributed by atoms with E-state index in [0.29, 0.717) is 12.1 Å². The fraction of sp³-hybridized carbons (Fsp3) is 0.533. The van der Waals surface area contributed by atoms with E-state index in [1.54, 1.807) is 0 Å². The van der Waals surface area contributed by atoms with E-state index in [4.69, 9.17) is 0 Å². The molecule has 4 nitrogen and oxygen atoms in total. The smallest absolute Gasteiger partial charge is 0.241 e. The van der Waals surface area contributed by atoms with E-state index in [-0.39, 0.29) is 11.9 Å². The molecule has 0 radical (unpaired) electrons. The molecule has 1 aliphatic rings. The lowest BCUT2D eigenvalue weighted by atomic mass is 10.1. The predicted molar refractivity (Wildman–Crippen MR) is 78.2 cm³/mol. The van der Waals surface area contributed by atoms with Gasteiger partial charge in [0.2, 0.25) is 5.91 Å². The quantitative estimate of drug-likeness (QED) is 0.870. The van der Waals surface area contributed by atoms with Crippen LogP contribution in [0.4, 0.5) is 5.69 Å². The maximum atomic E-state index is 12.3. The van der Waals surface area contributed by atoms with E-state index in [9.17, 15) is 4.79 Å². The van der Waals surface area contributed by atoms with Crippen LogP contribution in [0.5, 0.6) is 0 Å². The van der Waals surface area contributed by atoms with Crippen LogP contribution in [0.15, 0.2) is 30.3 Å². The van der Waals surface area contributed by atoms with Gasteiger partial charge in [0.25, 0.3) is 0 Å². The highest BCUT2D eigenvalue weighted by Crippen LogP contribution is 2.13. The summed E-state index contributed by atoms with van der Waals surface area (Å²) in [6.45, 7) is 8.13. The predicted octanol–water partition coefficient (Wildman–Crippen LogP) is 1.70. The summed E-state index contributed by atoms with van der Waals surface area (Å²) < 4.78 is 0. The summed E-state index contributed by atoms with van der Waals surface area (Å²) in [5.41, 5.74) is 0.857. The normalized spacial score (nSPS) is 25.8. The lowest BCUT2D eigenvalue weighted by Gasteiger charge is -2.40. The molecule has 0 spiro atoms. The standard InChI is InChI=1S/C15H23N3O/c1-11-10-18(12(2)9-16-11)13(3)15(19)17-14-7-5-4-6-8-14/h4-8,11-13,16H,9-10H2,1-3H3,(H,17,19). The maximum absolute atomic E-state index is 12.3. The zero-order valence-electron chi connectivity index (χ0n) is 11.9. The van der Waals surface area contributed by atoms with Crippen molar-refractivity contribution in [3.8, 4) is 0 Å². The fourth-order valence-corrected chi connectivity index (χ4v) is 2.51. The Morgan fingerprint density at radius 3 is 2.74 bits per heavy atom. The minimum Gasteiger partial charge on any atom is -0.325 e. The molecular weight excluding hydrogens is 238 g/mol. The molecule has 2 rings (SSSR count). The first-order valence-electron chi connectivity index (χ1n) is 6.93. The van der Waals surface area contributed by atoms with Gasteiger partial charge >= 0.3 is 0 Å². The summed E-state index contributed by atoms with van der Waals surface area (Å²) in [6, 6.07) is 10.3. The first-order valence-corrected chi connectivity index (χ1v) is 6.93. The number of benzene rings is 1. The molecule has 1 aliphatic heterocycles. The molecule has 3 unspecified atom stereocenters. The molecule has 3 atom stereocenters. The SMILES string of the molecule is CC1CN(C(C)C(=O)Nc2ccccc2)C(C)CN1. The van der Waals surface area contributed by atoms with Crippen molar-refractivity contribution in [2.45, 2.75) is 38.9 Å². The number of rotatable bonds is 3. The Bertz CT molecular complexity index is 421. The second kappa shape index (κ2) is 6.17. The highest BCUT2D eigenvalue weighted by atomic mass is 16.2. The summed E-state index contributed by atoms with van der Waals surface area (Å²) >= 11 is 0. The van der Waals surface area contributed by atoms with Crippen molar-refractivity contribution in [1.29, 1.82) is 0 Å². The van der Waals surface area contributed by atoms with Crippen molar-refractivity contribution in [3.63, 3.8) is 0 Å². The molecular formula is C15H23N3O. The molecule has 0 aliphatic carbocycles. The van der Waals surface area contributed by atoms with Gasteiger partial charge in [-0.3, -0.25) is 9.69 Å².